The zero-order valence-corrected chi connectivity index (χ0v) is 40.2. The second-order valence-electron chi connectivity index (χ2n) is 15.5. The van der Waals surface area contributed by atoms with Crippen molar-refractivity contribution in [3.8, 4) is 11.3 Å². The van der Waals surface area contributed by atoms with E-state index in [4.69, 9.17) is 42.6 Å². The van der Waals surface area contributed by atoms with Gasteiger partial charge in [0.2, 0.25) is 0 Å². The molecule has 2 N–H and O–H groups in total. The second-order valence-corrected chi connectivity index (χ2v) is 15.5. The van der Waals surface area contributed by atoms with E-state index >= 15 is 0 Å². The minimum atomic E-state index is -4.50. The molecule has 0 radical (unpaired) electrons. The number of nitrogens with one attached hydrogen (secondary N) is 2. The van der Waals surface area contributed by atoms with Crippen LogP contribution in [0.5, 0.6) is 0 Å². The topological polar surface area (TPSA) is 157 Å². The first-order valence-corrected chi connectivity index (χ1v) is 23.4. The quantitative estimate of drug-likeness (QED) is 0.0422. The average molecular weight is 971 g/mol. The lowest BCUT2D eigenvalue weighted by Gasteiger charge is -2.25. The van der Waals surface area contributed by atoms with Gasteiger partial charge >= 0.3 is 6.18 Å². The van der Waals surface area contributed by atoms with Crippen molar-refractivity contribution in [2.45, 2.75) is 46.0 Å². The molecular weight excluding hydrogens is 902 g/mol. The third-order valence-electron chi connectivity index (χ3n) is 10.1. The van der Waals surface area contributed by atoms with Gasteiger partial charge in [0.1, 0.15) is 0 Å². The van der Waals surface area contributed by atoms with Crippen LogP contribution in [-0.2, 0) is 62.0 Å². The minimum absolute atomic E-state index is 0.103. The molecule has 4 rings (SSSR count). The molecule has 15 nitrogen and oxygen atoms in total. The summed E-state index contributed by atoms with van der Waals surface area (Å²) < 4.78 is 89.0. The van der Waals surface area contributed by atoms with Crippen LogP contribution < -0.4 is 15.5 Å². The highest BCUT2D eigenvalue weighted by Crippen LogP contribution is 2.33. The van der Waals surface area contributed by atoms with E-state index in [1.807, 2.05) is 24.3 Å². The Labute approximate surface area is 404 Å². The lowest BCUT2D eigenvalue weighted by molar-refractivity contribution is -0.137. The Balaban J connectivity index is 1.17. The van der Waals surface area contributed by atoms with Crippen molar-refractivity contribution in [2.75, 3.05) is 136 Å². The molecule has 69 heavy (non-hydrogen) atoms. The molecular formula is C51H69F3N4O11. The van der Waals surface area contributed by atoms with Crippen LogP contribution in [0.2, 0.25) is 0 Å². The number of methoxy groups -OCH3 is 1. The first-order chi connectivity index (χ1) is 33.6. The average Bonchev–Trinajstić information content (AvgIpc) is 3.35. The SMILES string of the molecule is CCCN(CCC)c1ccc(NC(=O)c2cccc(COCCOCCOCCOCCOCCOCCOCCOCCOC)c2)c(-c2cc(C(=O)NCc3cccc(C(F)(F)F)c3)ccn2)c1. The summed E-state index contributed by atoms with van der Waals surface area (Å²) >= 11 is 0. The van der Waals surface area contributed by atoms with Crippen molar-refractivity contribution >= 4 is 23.2 Å². The maximum atomic E-state index is 13.8. The van der Waals surface area contributed by atoms with Crippen LogP contribution in [0.1, 0.15) is 64.1 Å². The third kappa shape index (κ3) is 22.5. The van der Waals surface area contributed by atoms with Gasteiger partial charge in [0.05, 0.1) is 129 Å². The molecule has 3 aromatic carbocycles. The number of hydrogen-bond acceptors (Lipinski definition) is 13. The smallest absolute Gasteiger partial charge is 0.382 e. The summed E-state index contributed by atoms with van der Waals surface area (Å²) in [5.74, 6) is -0.835. The summed E-state index contributed by atoms with van der Waals surface area (Å²) in [7, 11) is 1.63. The molecule has 0 saturated carbocycles. The van der Waals surface area contributed by atoms with Gasteiger partial charge in [-0.2, -0.15) is 13.2 Å². The Bertz CT molecular complexity index is 2060. The van der Waals surface area contributed by atoms with Crippen LogP contribution >= 0.6 is 0 Å². The molecule has 18 heteroatoms. The molecule has 0 aliphatic heterocycles. The normalized spacial score (nSPS) is 11.5. The number of nitrogens with zero attached hydrogens (tertiary/aromatic N) is 2. The highest BCUT2D eigenvalue weighted by atomic mass is 19.4. The number of alkyl halides is 3. The molecule has 1 heterocycles. The fourth-order valence-corrected chi connectivity index (χ4v) is 6.69. The summed E-state index contributed by atoms with van der Waals surface area (Å²) in [5.41, 5.74) is 3.45. The molecule has 0 spiro atoms. The van der Waals surface area contributed by atoms with Crippen molar-refractivity contribution in [3.05, 3.63) is 113 Å². The van der Waals surface area contributed by atoms with E-state index in [0.29, 0.717) is 134 Å². The second kappa shape index (κ2) is 33.5. The molecule has 2 amide bonds. The van der Waals surface area contributed by atoms with Gasteiger partial charge in [-0.25, -0.2) is 0 Å². The van der Waals surface area contributed by atoms with Crippen LogP contribution in [0.15, 0.2) is 85.1 Å². The molecule has 0 aliphatic rings. The fourth-order valence-electron chi connectivity index (χ4n) is 6.69. The van der Waals surface area contributed by atoms with Crippen LogP contribution in [-0.4, -0.2) is 143 Å². The highest BCUT2D eigenvalue weighted by molar-refractivity contribution is 6.06. The maximum absolute atomic E-state index is 13.8. The van der Waals surface area contributed by atoms with Crippen molar-refractivity contribution < 1.29 is 65.4 Å². The first kappa shape index (κ1) is 56.6. The molecule has 0 aliphatic carbocycles. The number of carbonyl (C=O) groups is 2. The maximum Gasteiger partial charge on any atom is 0.416 e. The van der Waals surface area contributed by atoms with Gasteiger partial charge in [-0.3, -0.25) is 14.6 Å². The zero-order valence-electron chi connectivity index (χ0n) is 40.2. The van der Waals surface area contributed by atoms with Crippen LogP contribution in [0.3, 0.4) is 0 Å². The molecule has 1 aromatic heterocycles. The van der Waals surface area contributed by atoms with E-state index in [9.17, 15) is 22.8 Å². The number of benzene rings is 3. The highest BCUT2D eigenvalue weighted by Gasteiger charge is 2.30. The zero-order chi connectivity index (χ0) is 49.4. The number of carbonyl (C=O) groups excluding carboxylic acids is 2. The van der Waals surface area contributed by atoms with Crippen LogP contribution in [0.25, 0.3) is 11.3 Å². The lowest BCUT2D eigenvalue weighted by Crippen LogP contribution is -2.25. The molecule has 0 bridgehead atoms. The Morgan fingerprint density at radius 2 is 1.10 bits per heavy atom. The van der Waals surface area contributed by atoms with Crippen molar-refractivity contribution in [1.29, 1.82) is 0 Å². The summed E-state index contributed by atoms with van der Waals surface area (Å²) in [6.07, 6.45) is -1.15. The van der Waals surface area contributed by atoms with Crippen molar-refractivity contribution in [2.24, 2.45) is 0 Å². The molecule has 0 unspecified atom stereocenters. The number of ether oxygens (including phenoxy) is 9. The van der Waals surface area contributed by atoms with E-state index in [2.05, 4.69) is 34.4 Å². The third-order valence-corrected chi connectivity index (χ3v) is 10.1. The number of hydrogen-bond donors (Lipinski definition) is 2. The Kier molecular flexibility index (Phi) is 27.5. The van der Waals surface area contributed by atoms with E-state index in [-0.39, 0.29) is 24.6 Å². The number of amides is 2. The Hall–Kier alpha value is -5.02. The molecule has 4 aromatic rings. The molecule has 0 fully saturated rings. The monoisotopic (exact) mass is 970 g/mol. The predicted molar refractivity (Wildman–Crippen MR) is 257 cm³/mol. The van der Waals surface area contributed by atoms with Gasteiger partial charge in [0, 0.05) is 55.3 Å². The first-order valence-electron chi connectivity index (χ1n) is 23.4. The largest absolute Gasteiger partial charge is 0.416 e. The number of rotatable bonds is 37. The van der Waals surface area contributed by atoms with Gasteiger partial charge in [-0.1, -0.05) is 38.1 Å². The van der Waals surface area contributed by atoms with Crippen molar-refractivity contribution in [1.82, 2.24) is 10.3 Å². The summed E-state index contributed by atoms with van der Waals surface area (Å²) in [5, 5.41) is 5.76. The molecule has 0 saturated heterocycles. The minimum Gasteiger partial charge on any atom is -0.382 e. The number of aromatic nitrogens is 1. The van der Waals surface area contributed by atoms with Crippen LogP contribution in [0, 0.1) is 0 Å². The molecule has 380 valence electrons. The van der Waals surface area contributed by atoms with Gasteiger partial charge in [-0.05, 0) is 78.6 Å². The summed E-state index contributed by atoms with van der Waals surface area (Å²) in [6, 6.07) is 20.8. The Morgan fingerprint density at radius 3 is 1.65 bits per heavy atom. The van der Waals surface area contributed by atoms with Gasteiger partial charge < -0.3 is 58.2 Å². The fraction of sp³-hybridized carbons (Fsp3) is 0.510. The van der Waals surface area contributed by atoms with Crippen molar-refractivity contribution in [3.63, 3.8) is 0 Å². The van der Waals surface area contributed by atoms with E-state index in [0.717, 1.165) is 49.3 Å². The molecule has 0 atom stereocenters. The van der Waals surface area contributed by atoms with Gasteiger partial charge in [0.25, 0.3) is 11.8 Å². The number of pyridine rings is 1. The van der Waals surface area contributed by atoms with E-state index < -0.39 is 17.6 Å². The van der Waals surface area contributed by atoms with E-state index in [1.54, 1.807) is 31.4 Å². The Morgan fingerprint density at radius 1 is 0.580 bits per heavy atom. The lowest BCUT2D eigenvalue weighted by atomic mass is 10.0. The standard InChI is InChI=1S/C51H69F3N4O11/c1-4-16-58(17-5-2)45-12-13-47(46(37-45)48-36-43(14-15-55-48)49(59)56-38-40-8-7-11-44(35-40)51(52,53)54)57-50(60)42-10-6-9-41(34-42)39-69-33-32-68-31-30-67-29-28-66-27-26-65-25-24-64-23-22-63-21-20-62-19-18-61-3/h6-15,34-37H,4-5,16-33,38-39H2,1-3H3,(H,56,59)(H,57,60). The van der Waals surface area contributed by atoms with Gasteiger partial charge in [-0.15, -0.1) is 0 Å². The van der Waals surface area contributed by atoms with Gasteiger partial charge in [0.15, 0.2) is 0 Å². The van der Waals surface area contributed by atoms with Crippen LogP contribution in [0.4, 0.5) is 24.5 Å². The number of halogens is 3. The number of anilines is 2. The summed E-state index contributed by atoms with van der Waals surface area (Å²) in [4.78, 5) is 33.9. The van der Waals surface area contributed by atoms with E-state index in [1.165, 1.54) is 24.4 Å². The summed E-state index contributed by atoms with van der Waals surface area (Å²) in [6.45, 7) is 13.5. The predicted octanol–water partition coefficient (Wildman–Crippen LogP) is 7.86.